The van der Waals surface area contributed by atoms with Crippen molar-refractivity contribution in [3.8, 4) is 17.5 Å². The topological polar surface area (TPSA) is 144 Å². The first kappa shape index (κ1) is 33.4. The van der Waals surface area contributed by atoms with Crippen molar-refractivity contribution in [1.82, 2.24) is 24.8 Å². The van der Waals surface area contributed by atoms with Crippen LogP contribution in [-0.4, -0.2) is 85.1 Å². The molecule has 1 atom stereocenters. The number of anilines is 4. The van der Waals surface area contributed by atoms with Gasteiger partial charge >= 0.3 is 12.3 Å². The molecule has 0 unspecified atom stereocenters. The minimum atomic E-state index is -3.88. The lowest BCUT2D eigenvalue weighted by molar-refractivity contribution is -0.287. The lowest BCUT2D eigenvalue weighted by atomic mass is 10.0. The van der Waals surface area contributed by atoms with Gasteiger partial charge in [-0.15, -0.1) is 8.78 Å². The molecule has 2 aliphatic rings. The van der Waals surface area contributed by atoms with Crippen LogP contribution in [0.2, 0.25) is 5.02 Å². The summed E-state index contributed by atoms with van der Waals surface area (Å²) in [5.74, 6) is 0.105. The molecule has 13 nitrogen and oxygen atoms in total. The molecule has 4 heterocycles. The summed E-state index contributed by atoms with van der Waals surface area (Å²) in [6.07, 6.45) is -1.28. The highest BCUT2D eigenvalue weighted by Crippen LogP contribution is 2.48. The molecular weight excluding hydrogens is 670 g/mol. The summed E-state index contributed by atoms with van der Waals surface area (Å²) < 4.78 is 68.7. The van der Waals surface area contributed by atoms with Crippen LogP contribution < -0.4 is 29.7 Å². The number of sulfone groups is 1. The standard InChI is InChI=1S/C31H33ClF2N8O5S/c1-18(2)41-13-15-42(16-14-41)29-38-28(39-30(40-29)45-3)37-23-17-19(48(4,43)44)10-11-22(23)36-25(26-21(32)8-6-12-35-26)20-7-5-9-24-27(20)47-31(33,34)46-24/h5-12,17-18,25,36H,13-16H2,1-4H3,(H,37,38,39,40)/t25-/m0/s1. The Morgan fingerprint density at radius 3 is 2.46 bits per heavy atom. The van der Waals surface area contributed by atoms with Crippen molar-refractivity contribution in [3.05, 3.63) is 71.0 Å². The zero-order valence-electron chi connectivity index (χ0n) is 26.4. The molecule has 17 heteroatoms. The third kappa shape index (κ3) is 7.15. The number of halogens is 3. The van der Waals surface area contributed by atoms with E-state index in [0.717, 1.165) is 19.3 Å². The fourth-order valence-electron chi connectivity index (χ4n) is 5.45. The maximum Gasteiger partial charge on any atom is 0.586 e. The molecule has 2 aliphatic heterocycles. The molecule has 254 valence electrons. The number of hydrogen-bond donors (Lipinski definition) is 2. The van der Waals surface area contributed by atoms with Gasteiger partial charge in [-0.25, -0.2) is 8.42 Å². The van der Waals surface area contributed by atoms with E-state index in [-0.39, 0.29) is 50.3 Å². The van der Waals surface area contributed by atoms with E-state index in [4.69, 9.17) is 25.8 Å². The van der Waals surface area contributed by atoms with Crippen molar-refractivity contribution in [3.63, 3.8) is 0 Å². The molecule has 0 amide bonds. The second-order valence-electron chi connectivity index (χ2n) is 11.5. The maximum atomic E-state index is 14.2. The molecule has 4 aromatic rings. The van der Waals surface area contributed by atoms with Gasteiger partial charge in [0.25, 0.3) is 0 Å². The summed E-state index contributed by atoms with van der Waals surface area (Å²) in [4.78, 5) is 22.3. The van der Waals surface area contributed by atoms with Crippen LogP contribution >= 0.6 is 11.6 Å². The van der Waals surface area contributed by atoms with Gasteiger partial charge in [0.05, 0.1) is 40.1 Å². The third-order valence-electron chi connectivity index (χ3n) is 7.91. The van der Waals surface area contributed by atoms with Crippen LogP contribution in [0.1, 0.15) is 31.1 Å². The van der Waals surface area contributed by atoms with Gasteiger partial charge in [-0.3, -0.25) is 9.88 Å². The second-order valence-corrected chi connectivity index (χ2v) is 13.9. The van der Waals surface area contributed by atoms with Gasteiger partial charge in [0.15, 0.2) is 21.3 Å². The van der Waals surface area contributed by atoms with Gasteiger partial charge in [0.2, 0.25) is 11.9 Å². The number of para-hydroxylation sites is 1. The van der Waals surface area contributed by atoms with E-state index in [1.54, 1.807) is 18.2 Å². The van der Waals surface area contributed by atoms with Crippen LogP contribution in [0, 0.1) is 0 Å². The third-order valence-corrected chi connectivity index (χ3v) is 9.34. The molecule has 0 radical (unpaired) electrons. The highest BCUT2D eigenvalue weighted by Gasteiger charge is 2.45. The number of aromatic nitrogens is 4. The number of methoxy groups -OCH3 is 1. The number of rotatable bonds is 10. The first-order valence-corrected chi connectivity index (χ1v) is 17.2. The van der Waals surface area contributed by atoms with Gasteiger partial charge in [-0.2, -0.15) is 15.0 Å². The van der Waals surface area contributed by atoms with Crippen molar-refractivity contribution in [1.29, 1.82) is 0 Å². The monoisotopic (exact) mass is 702 g/mol. The largest absolute Gasteiger partial charge is 0.586 e. The van der Waals surface area contributed by atoms with Crippen LogP contribution in [-0.2, 0) is 9.84 Å². The Balaban J connectivity index is 1.41. The molecule has 0 spiro atoms. The molecule has 0 bridgehead atoms. The molecule has 1 saturated heterocycles. The summed E-state index contributed by atoms with van der Waals surface area (Å²) >= 11 is 6.58. The number of fused-ring (bicyclic) bond motifs is 1. The number of pyridine rings is 1. The summed E-state index contributed by atoms with van der Waals surface area (Å²) in [6.45, 7) is 7.29. The fourth-order valence-corrected chi connectivity index (χ4v) is 6.33. The van der Waals surface area contributed by atoms with Gasteiger partial charge in [-0.1, -0.05) is 23.7 Å². The number of piperazine rings is 1. The van der Waals surface area contributed by atoms with Gasteiger partial charge in [-0.05, 0) is 50.2 Å². The minimum absolute atomic E-state index is 0.00555. The first-order valence-electron chi connectivity index (χ1n) is 15.0. The predicted octanol–water partition coefficient (Wildman–Crippen LogP) is 5.13. The summed E-state index contributed by atoms with van der Waals surface area (Å²) in [5, 5.41) is 6.66. The van der Waals surface area contributed by atoms with Gasteiger partial charge < -0.3 is 29.7 Å². The van der Waals surface area contributed by atoms with Crippen molar-refractivity contribution in [2.24, 2.45) is 0 Å². The van der Waals surface area contributed by atoms with Crippen LogP contribution in [0.15, 0.2) is 59.6 Å². The van der Waals surface area contributed by atoms with Crippen molar-refractivity contribution < 1.29 is 31.4 Å². The summed E-state index contributed by atoms with van der Waals surface area (Å²) in [7, 11) is -2.22. The molecular formula is C31H33ClF2N8O5S. The van der Waals surface area contributed by atoms with Crippen molar-refractivity contribution in [2.75, 3.05) is 55.1 Å². The normalized spacial score (nSPS) is 16.5. The first-order chi connectivity index (χ1) is 22.8. The summed E-state index contributed by atoms with van der Waals surface area (Å²) in [6, 6.07) is 11.6. The van der Waals surface area contributed by atoms with E-state index in [2.05, 4.69) is 49.3 Å². The highest BCUT2D eigenvalue weighted by atomic mass is 35.5. The molecule has 48 heavy (non-hydrogen) atoms. The Kier molecular flexibility index (Phi) is 9.15. The Morgan fingerprint density at radius 2 is 1.77 bits per heavy atom. The van der Waals surface area contributed by atoms with E-state index < -0.39 is 22.2 Å². The van der Waals surface area contributed by atoms with E-state index in [0.29, 0.717) is 30.8 Å². The number of ether oxygens (including phenoxy) is 3. The van der Waals surface area contributed by atoms with E-state index in [1.165, 1.54) is 43.6 Å². The zero-order chi connectivity index (χ0) is 34.2. The number of nitrogens with one attached hydrogen (secondary N) is 2. The highest BCUT2D eigenvalue weighted by molar-refractivity contribution is 7.90. The lowest BCUT2D eigenvalue weighted by Gasteiger charge is -2.36. The fraction of sp³-hybridized carbons (Fsp3) is 0.355. The SMILES string of the molecule is COc1nc(Nc2cc(S(C)(=O)=O)ccc2N[C@@H](c2cccc3c2OC(F)(F)O3)c2ncccc2Cl)nc(N2CCN(C(C)C)CC2)n1. The van der Waals surface area contributed by atoms with Crippen LogP contribution in [0.25, 0.3) is 0 Å². The Labute approximate surface area is 281 Å². The molecule has 2 aromatic heterocycles. The molecule has 0 aliphatic carbocycles. The minimum Gasteiger partial charge on any atom is -0.467 e. The average Bonchev–Trinajstić information content (AvgIpc) is 3.38. The van der Waals surface area contributed by atoms with Gasteiger partial charge in [0, 0.05) is 50.2 Å². The number of nitrogens with zero attached hydrogens (tertiary/aromatic N) is 6. The van der Waals surface area contributed by atoms with Crippen molar-refractivity contribution >= 4 is 44.7 Å². The lowest BCUT2D eigenvalue weighted by Crippen LogP contribution is -2.49. The number of benzene rings is 2. The Morgan fingerprint density at radius 1 is 1.00 bits per heavy atom. The number of hydrogen-bond acceptors (Lipinski definition) is 13. The quantitative estimate of drug-likeness (QED) is 0.226. The van der Waals surface area contributed by atoms with E-state index in [9.17, 15) is 17.2 Å². The predicted molar refractivity (Wildman–Crippen MR) is 175 cm³/mol. The summed E-state index contributed by atoms with van der Waals surface area (Å²) in [5.41, 5.74) is 1.11. The Hall–Kier alpha value is -4.54. The van der Waals surface area contributed by atoms with Crippen LogP contribution in [0.5, 0.6) is 17.5 Å². The van der Waals surface area contributed by atoms with E-state index >= 15 is 0 Å². The smallest absolute Gasteiger partial charge is 0.467 e. The molecule has 6 rings (SSSR count). The molecule has 2 N–H and O–H groups in total. The van der Waals surface area contributed by atoms with Crippen molar-refractivity contribution in [2.45, 2.75) is 37.1 Å². The zero-order valence-corrected chi connectivity index (χ0v) is 28.0. The van der Waals surface area contributed by atoms with Crippen LogP contribution in [0.3, 0.4) is 0 Å². The number of alkyl halides is 2. The molecule has 0 saturated carbocycles. The second kappa shape index (κ2) is 13.2. The Bertz CT molecular complexity index is 1930. The maximum absolute atomic E-state index is 14.2. The average molecular weight is 703 g/mol. The molecule has 1 fully saturated rings. The molecule has 2 aromatic carbocycles. The van der Waals surface area contributed by atoms with Gasteiger partial charge in [0.1, 0.15) is 0 Å². The van der Waals surface area contributed by atoms with Crippen LogP contribution in [0.4, 0.5) is 32.1 Å². The van der Waals surface area contributed by atoms with E-state index in [1.807, 2.05) is 4.90 Å².